The zero-order chi connectivity index (χ0) is 20.2. The normalized spacial score (nSPS) is 11.8. The minimum atomic E-state index is -3.63. The van der Waals surface area contributed by atoms with Gasteiger partial charge in [-0.25, -0.2) is 8.42 Å². The van der Waals surface area contributed by atoms with Crippen molar-refractivity contribution in [3.05, 3.63) is 102 Å². The first-order valence-corrected chi connectivity index (χ1v) is 10.7. The van der Waals surface area contributed by atoms with Crippen molar-refractivity contribution in [3.63, 3.8) is 0 Å². The average molecular weight is 394 g/mol. The molecule has 0 spiro atoms. The standard InChI is InChI=1S/C23H23NO3S/c1-18-13-15-21(16-14-18)28(26,27)17-24-22(25)23(2,19-9-5-3-6-10-19)20-11-7-4-8-12-20/h3-16H,17H2,1-2H3,(H,24,25). The van der Waals surface area contributed by atoms with E-state index in [2.05, 4.69) is 5.32 Å². The maximum absolute atomic E-state index is 13.2. The predicted octanol–water partition coefficient (Wildman–Crippen LogP) is 3.85. The molecule has 3 aromatic rings. The number of amides is 1. The molecule has 0 aliphatic carbocycles. The molecule has 144 valence electrons. The van der Waals surface area contributed by atoms with Crippen LogP contribution in [0.5, 0.6) is 0 Å². The third kappa shape index (κ3) is 3.99. The maximum atomic E-state index is 13.2. The van der Waals surface area contributed by atoms with Crippen molar-refractivity contribution in [2.24, 2.45) is 0 Å². The first-order chi connectivity index (χ1) is 13.3. The Morgan fingerprint density at radius 1 is 0.821 bits per heavy atom. The fraction of sp³-hybridized carbons (Fsp3) is 0.174. The molecular formula is C23H23NO3S. The zero-order valence-electron chi connectivity index (χ0n) is 15.9. The number of nitrogens with one attached hydrogen (secondary N) is 1. The van der Waals surface area contributed by atoms with E-state index < -0.39 is 21.1 Å². The lowest BCUT2D eigenvalue weighted by Crippen LogP contribution is -2.44. The number of carbonyl (C=O) groups excluding carboxylic acids is 1. The van der Waals surface area contributed by atoms with Gasteiger partial charge in [0.05, 0.1) is 10.3 Å². The van der Waals surface area contributed by atoms with E-state index in [9.17, 15) is 13.2 Å². The number of hydrogen-bond acceptors (Lipinski definition) is 3. The number of aryl methyl sites for hydroxylation is 1. The first kappa shape index (κ1) is 19.8. The highest BCUT2D eigenvalue weighted by molar-refractivity contribution is 7.91. The molecule has 0 aliphatic rings. The number of benzene rings is 3. The highest BCUT2D eigenvalue weighted by Crippen LogP contribution is 2.32. The van der Waals surface area contributed by atoms with Gasteiger partial charge in [-0.15, -0.1) is 0 Å². The number of carbonyl (C=O) groups is 1. The van der Waals surface area contributed by atoms with Gasteiger partial charge in [0, 0.05) is 0 Å². The van der Waals surface area contributed by atoms with Crippen molar-refractivity contribution < 1.29 is 13.2 Å². The summed E-state index contributed by atoms with van der Waals surface area (Å²) in [6.45, 7) is 3.70. The average Bonchev–Trinajstić information content (AvgIpc) is 2.73. The Hall–Kier alpha value is -2.92. The quantitative estimate of drug-likeness (QED) is 0.692. The van der Waals surface area contributed by atoms with Crippen LogP contribution in [0, 0.1) is 6.92 Å². The molecule has 1 N–H and O–H groups in total. The molecule has 3 aromatic carbocycles. The molecule has 0 saturated carbocycles. The highest BCUT2D eigenvalue weighted by atomic mass is 32.2. The van der Waals surface area contributed by atoms with Crippen LogP contribution in [0.2, 0.25) is 0 Å². The Balaban J connectivity index is 1.90. The van der Waals surface area contributed by atoms with E-state index in [0.717, 1.165) is 16.7 Å². The zero-order valence-corrected chi connectivity index (χ0v) is 16.7. The van der Waals surface area contributed by atoms with E-state index in [4.69, 9.17) is 0 Å². The van der Waals surface area contributed by atoms with E-state index in [1.54, 1.807) is 24.3 Å². The summed E-state index contributed by atoms with van der Waals surface area (Å²) in [5.74, 6) is -0.815. The molecule has 0 bridgehead atoms. The van der Waals surface area contributed by atoms with Crippen LogP contribution in [0.3, 0.4) is 0 Å². The van der Waals surface area contributed by atoms with Crippen LogP contribution < -0.4 is 5.32 Å². The summed E-state index contributed by atoms with van der Waals surface area (Å²) in [4.78, 5) is 13.4. The van der Waals surface area contributed by atoms with E-state index in [1.807, 2.05) is 74.5 Å². The van der Waals surface area contributed by atoms with Gasteiger partial charge in [-0.05, 0) is 37.1 Å². The Morgan fingerprint density at radius 2 is 1.29 bits per heavy atom. The van der Waals surface area contributed by atoms with Gasteiger partial charge in [-0.1, -0.05) is 78.4 Å². The molecule has 4 nitrogen and oxygen atoms in total. The van der Waals surface area contributed by atoms with Crippen LogP contribution in [0.15, 0.2) is 89.8 Å². The Bertz CT molecular complexity index is 1000. The topological polar surface area (TPSA) is 63.2 Å². The molecule has 0 unspecified atom stereocenters. The molecule has 0 atom stereocenters. The van der Waals surface area contributed by atoms with Crippen molar-refractivity contribution in [1.82, 2.24) is 5.32 Å². The molecule has 0 heterocycles. The summed E-state index contributed by atoms with van der Waals surface area (Å²) < 4.78 is 25.3. The van der Waals surface area contributed by atoms with E-state index in [1.165, 1.54) is 0 Å². The Kier molecular flexibility index (Phi) is 5.66. The van der Waals surface area contributed by atoms with Gasteiger partial charge in [-0.2, -0.15) is 0 Å². The summed E-state index contributed by atoms with van der Waals surface area (Å²) in [7, 11) is -3.63. The smallest absolute Gasteiger partial charge is 0.235 e. The fourth-order valence-electron chi connectivity index (χ4n) is 3.14. The van der Waals surface area contributed by atoms with Crippen molar-refractivity contribution in [3.8, 4) is 0 Å². The fourth-order valence-corrected chi connectivity index (χ4v) is 4.18. The lowest BCUT2D eigenvalue weighted by atomic mass is 9.75. The largest absolute Gasteiger partial charge is 0.341 e. The van der Waals surface area contributed by atoms with Gasteiger partial charge in [0.2, 0.25) is 5.91 Å². The van der Waals surface area contributed by atoms with E-state index in [0.29, 0.717) is 0 Å². The lowest BCUT2D eigenvalue weighted by molar-refractivity contribution is -0.124. The maximum Gasteiger partial charge on any atom is 0.235 e. The van der Waals surface area contributed by atoms with Crippen LogP contribution in [0.1, 0.15) is 23.6 Å². The number of sulfone groups is 1. The van der Waals surface area contributed by atoms with Crippen molar-refractivity contribution >= 4 is 15.7 Å². The second kappa shape index (κ2) is 7.98. The summed E-state index contributed by atoms with van der Waals surface area (Å²) in [5.41, 5.74) is 1.56. The van der Waals surface area contributed by atoms with Gasteiger partial charge < -0.3 is 5.32 Å². The number of rotatable bonds is 6. The summed E-state index contributed by atoms with van der Waals surface area (Å²) >= 11 is 0. The second-order valence-corrected chi connectivity index (χ2v) is 8.92. The van der Waals surface area contributed by atoms with Gasteiger partial charge >= 0.3 is 0 Å². The van der Waals surface area contributed by atoms with Crippen LogP contribution in [-0.2, 0) is 20.0 Å². The Labute approximate surface area is 166 Å². The minimum absolute atomic E-state index is 0.194. The van der Waals surface area contributed by atoms with Crippen LogP contribution >= 0.6 is 0 Å². The van der Waals surface area contributed by atoms with Gasteiger partial charge in [-0.3, -0.25) is 4.79 Å². The van der Waals surface area contributed by atoms with Crippen LogP contribution in [0.25, 0.3) is 0 Å². The molecule has 5 heteroatoms. The number of hydrogen-bond donors (Lipinski definition) is 1. The molecule has 0 aromatic heterocycles. The first-order valence-electron chi connectivity index (χ1n) is 9.03. The summed E-state index contributed by atoms with van der Waals surface area (Å²) in [5, 5.41) is 2.65. The summed E-state index contributed by atoms with van der Waals surface area (Å²) in [6, 6.07) is 25.3. The Morgan fingerprint density at radius 3 is 1.75 bits per heavy atom. The van der Waals surface area contributed by atoms with Crippen LogP contribution in [-0.4, -0.2) is 20.2 Å². The molecule has 28 heavy (non-hydrogen) atoms. The van der Waals surface area contributed by atoms with Crippen LogP contribution in [0.4, 0.5) is 0 Å². The molecule has 3 rings (SSSR count). The van der Waals surface area contributed by atoms with Crippen molar-refractivity contribution in [2.75, 3.05) is 5.88 Å². The minimum Gasteiger partial charge on any atom is -0.341 e. The molecule has 0 radical (unpaired) electrons. The molecule has 0 aliphatic heterocycles. The van der Waals surface area contributed by atoms with Gasteiger partial charge in [0.15, 0.2) is 9.84 Å². The third-order valence-electron chi connectivity index (χ3n) is 4.96. The highest BCUT2D eigenvalue weighted by Gasteiger charge is 2.37. The second-order valence-electron chi connectivity index (χ2n) is 6.94. The van der Waals surface area contributed by atoms with Crippen molar-refractivity contribution in [1.29, 1.82) is 0 Å². The molecule has 0 saturated heterocycles. The lowest BCUT2D eigenvalue weighted by Gasteiger charge is -2.29. The van der Waals surface area contributed by atoms with E-state index in [-0.39, 0.29) is 10.8 Å². The van der Waals surface area contributed by atoms with Crippen molar-refractivity contribution in [2.45, 2.75) is 24.2 Å². The summed E-state index contributed by atoms with van der Waals surface area (Å²) in [6.07, 6.45) is 0. The molecule has 1 amide bonds. The van der Waals surface area contributed by atoms with E-state index >= 15 is 0 Å². The van der Waals surface area contributed by atoms with Gasteiger partial charge in [0.25, 0.3) is 0 Å². The molecular weight excluding hydrogens is 370 g/mol. The molecule has 0 fully saturated rings. The third-order valence-corrected chi connectivity index (χ3v) is 6.47. The van der Waals surface area contributed by atoms with Gasteiger partial charge in [0.1, 0.15) is 5.88 Å². The monoisotopic (exact) mass is 393 g/mol. The predicted molar refractivity (Wildman–Crippen MR) is 111 cm³/mol. The SMILES string of the molecule is Cc1ccc(S(=O)(=O)CNC(=O)C(C)(c2ccccc2)c2ccccc2)cc1.